The fourth-order valence-electron chi connectivity index (χ4n) is 1.09. The molecule has 82 valence electrons. The molecule has 2 aromatic rings. The van der Waals surface area contributed by atoms with Gasteiger partial charge >= 0.3 is 0 Å². The monoisotopic (exact) mass is 361 g/mol. The molecule has 1 aromatic carbocycles. The maximum Gasteiger partial charge on any atom is 0.256 e. The van der Waals surface area contributed by atoms with Gasteiger partial charge in [-0.2, -0.15) is 0 Å². The number of nitrogens with one attached hydrogen (secondary N) is 1. The van der Waals surface area contributed by atoms with E-state index in [-0.39, 0.29) is 5.91 Å². The second-order valence-electron chi connectivity index (χ2n) is 2.89. The van der Waals surface area contributed by atoms with Gasteiger partial charge in [-0.05, 0) is 18.2 Å². The Morgan fingerprint density at radius 3 is 2.50 bits per heavy atom. The molecule has 0 fully saturated rings. The standard InChI is InChI=1S/C9H5Br2N3OS/c10-6-1-5(2-7(11)3-6)9(15)13-8-4-12-14-16-8/h1-4H,(H,13,15). The Balaban J connectivity index is 2.21. The minimum Gasteiger partial charge on any atom is -0.311 e. The lowest BCUT2D eigenvalue weighted by atomic mass is 10.2. The van der Waals surface area contributed by atoms with Crippen molar-refractivity contribution in [3.05, 3.63) is 38.9 Å². The number of nitrogens with zero attached hydrogens (tertiary/aromatic N) is 2. The van der Waals surface area contributed by atoms with Crippen molar-refractivity contribution in [1.29, 1.82) is 0 Å². The highest BCUT2D eigenvalue weighted by atomic mass is 79.9. The van der Waals surface area contributed by atoms with Gasteiger partial charge in [0.2, 0.25) is 0 Å². The molecule has 0 saturated heterocycles. The summed E-state index contributed by atoms with van der Waals surface area (Å²) in [5, 5.41) is 6.97. The Bertz CT molecular complexity index is 495. The van der Waals surface area contributed by atoms with Crippen LogP contribution in [0.25, 0.3) is 0 Å². The van der Waals surface area contributed by atoms with Crippen LogP contribution in [0.1, 0.15) is 10.4 Å². The Morgan fingerprint density at radius 1 is 1.25 bits per heavy atom. The average Bonchev–Trinajstić information content (AvgIpc) is 2.68. The smallest absolute Gasteiger partial charge is 0.256 e. The second-order valence-corrected chi connectivity index (χ2v) is 5.51. The molecule has 1 N–H and O–H groups in total. The molecule has 2 rings (SSSR count). The molecular weight excluding hydrogens is 358 g/mol. The number of aromatic nitrogens is 2. The maximum atomic E-state index is 11.8. The molecule has 0 bridgehead atoms. The fraction of sp³-hybridized carbons (Fsp3) is 0. The predicted octanol–water partition coefficient (Wildman–Crippen LogP) is 3.32. The van der Waals surface area contributed by atoms with Gasteiger partial charge in [0.15, 0.2) is 0 Å². The first-order valence-electron chi connectivity index (χ1n) is 4.20. The summed E-state index contributed by atoms with van der Waals surface area (Å²) in [6.07, 6.45) is 1.51. The molecule has 0 atom stereocenters. The van der Waals surface area contributed by atoms with E-state index in [2.05, 4.69) is 46.8 Å². The van der Waals surface area contributed by atoms with E-state index < -0.39 is 0 Å². The van der Waals surface area contributed by atoms with E-state index in [0.717, 1.165) is 20.5 Å². The Labute approximate surface area is 112 Å². The lowest BCUT2D eigenvalue weighted by molar-refractivity contribution is 0.102. The van der Waals surface area contributed by atoms with E-state index in [9.17, 15) is 4.79 Å². The first kappa shape index (κ1) is 11.7. The summed E-state index contributed by atoms with van der Waals surface area (Å²) in [6, 6.07) is 5.36. The van der Waals surface area contributed by atoms with Crippen molar-refractivity contribution in [3.8, 4) is 0 Å². The normalized spacial score (nSPS) is 10.1. The van der Waals surface area contributed by atoms with Gasteiger partial charge in [0, 0.05) is 26.0 Å². The van der Waals surface area contributed by atoms with Crippen molar-refractivity contribution >= 4 is 54.3 Å². The van der Waals surface area contributed by atoms with Gasteiger partial charge in [-0.25, -0.2) is 0 Å². The van der Waals surface area contributed by atoms with Gasteiger partial charge in [-0.1, -0.05) is 36.3 Å². The third-order valence-electron chi connectivity index (χ3n) is 1.72. The van der Waals surface area contributed by atoms with Gasteiger partial charge in [0.1, 0.15) is 5.00 Å². The highest BCUT2D eigenvalue weighted by Crippen LogP contribution is 2.21. The Morgan fingerprint density at radius 2 is 1.94 bits per heavy atom. The zero-order valence-corrected chi connectivity index (χ0v) is 11.8. The molecule has 0 saturated carbocycles. The van der Waals surface area contributed by atoms with Crippen LogP contribution in [0.5, 0.6) is 0 Å². The summed E-state index contributed by atoms with van der Waals surface area (Å²) in [4.78, 5) is 11.8. The summed E-state index contributed by atoms with van der Waals surface area (Å²) in [5.41, 5.74) is 0.564. The van der Waals surface area contributed by atoms with E-state index in [0.29, 0.717) is 10.6 Å². The predicted molar refractivity (Wildman–Crippen MR) is 69.7 cm³/mol. The molecule has 0 aliphatic carbocycles. The van der Waals surface area contributed by atoms with Crippen LogP contribution in [0.2, 0.25) is 0 Å². The molecule has 4 nitrogen and oxygen atoms in total. The summed E-state index contributed by atoms with van der Waals surface area (Å²) in [7, 11) is 0. The maximum absolute atomic E-state index is 11.8. The van der Waals surface area contributed by atoms with E-state index in [1.165, 1.54) is 6.20 Å². The van der Waals surface area contributed by atoms with Crippen LogP contribution in [-0.2, 0) is 0 Å². The van der Waals surface area contributed by atoms with Crippen molar-refractivity contribution in [2.45, 2.75) is 0 Å². The Kier molecular flexibility index (Phi) is 3.67. The summed E-state index contributed by atoms with van der Waals surface area (Å²) in [6.45, 7) is 0. The van der Waals surface area contributed by atoms with Gasteiger partial charge in [-0.15, -0.1) is 5.10 Å². The van der Waals surface area contributed by atoms with Crippen LogP contribution in [0.4, 0.5) is 5.00 Å². The minimum absolute atomic E-state index is 0.187. The van der Waals surface area contributed by atoms with Gasteiger partial charge in [0.05, 0.1) is 6.20 Å². The van der Waals surface area contributed by atoms with E-state index in [1.807, 2.05) is 6.07 Å². The van der Waals surface area contributed by atoms with Crippen LogP contribution < -0.4 is 5.32 Å². The molecule has 0 radical (unpaired) electrons. The largest absolute Gasteiger partial charge is 0.311 e. The lowest BCUT2D eigenvalue weighted by Gasteiger charge is -2.03. The molecule has 0 unspecified atom stereocenters. The van der Waals surface area contributed by atoms with E-state index in [4.69, 9.17) is 0 Å². The van der Waals surface area contributed by atoms with Crippen LogP contribution >= 0.6 is 43.4 Å². The number of halogens is 2. The molecule has 0 aliphatic heterocycles. The fourth-order valence-corrected chi connectivity index (χ4v) is 2.80. The molecule has 16 heavy (non-hydrogen) atoms. The zero-order valence-electron chi connectivity index (χ0n) is 7.78. The number of rotatable bonds is 2. The quantitative estimate of drug-likeness (QED) is 0.891. The zero-order chi connectivity index (χ0) is 11.5. The molecule has 1 aromatic heterocycles. The average molecular weight is 363 g/mol. The number of benzene rings is 1. The van der Waals surface area contributed by atoms with Crippen molar-refractivity contribution in [2.75, 3.05) is 5.32 Å². The number of amides is 1. The van der Waals surface area contributed by atoms with Gasteiger partial charge in [-0.3, -0.25) is 4.79 Å². The molecule has 7 heteroatoms. The van der Waals surface area contributed by atoms with Crippen LogP contribution in [0.15, 0.2) is 33.3 Å². The molecule has 0 aliphatic rings. The minimum atomic E-state index is -0.187. The van der Waals surface area contributed by atoms with Crippen molar-refractivity contribution in [3.63, 3.8) is 0 Å². The molecule has 1 heterocycles. The van der Waals surface area contributed by atoms with Crippen molar-refractivity contribution in [1.82, 2.24) is 9.59 Å². The Hall–Kier alpha value is -0.790. The number of carbonyl (C=O) groups is 1. The van der Waals surface area contributed by atoms with Crippen LogP contribution in [-0.4, -0.2) is 15.5 Å². The van der Waals surface area contributed by atoms with Gasteiger partial charge < -0.3 is 5.32 Å². The highest BCUT2D eigenvalue weighted by Gasteiger charge is 2.08. The third kappa shape index (κ3) is 2.87. The highest BCUT2D eigenvalue weighted by molar-refractivity contribution is 9.11. The summed E-state index contributed by atoms with van der Waals surface area (Å²) in [5.74, 6) is -0.187. The number of hydrogen-bond donors (Lipinski definition) is 1. The van der Waals surface area contributed by atoms with Crippen molar-refractivity contribution < 1.29 is 4.79 Å². The van der Waals surface area contributed by atoms with E-state index >= 15 is 0 Å². The molecule has 1 amide bonds. The van der Waals surface area contributed by atoms with Gasteiger partial charge in [0.25, 0.3) is 5.91 Å². The number of anilines is 1. The van der Waals surface area contributed by atoms with Crippen LogP contribution in [0.3, 0.4) is 0 Å². The third-order valence-corrected chi connectivity index (χ3v) is 3.22. The lowest BCUT2D eigenvalue weighted by Crippen LogP contribution is -2.10. The number of hydrogen-bond acceptors (Lipinski definition) is 4. The van der Waals surface area contributed by atoms with E-state index in [1.54, 1.807) is 12.1 Å². The summed E-state index contributed by atoms with van der Waals surface area (Å²) < 4.78 is 5.35. The molecule has 0 spiro atoms. The first-order valence-corrected chi connectivity index (χ1v) is 6.56. The van der Waals surface area contributed by atoms with Crippen LogP contribution in [0, 0.1) is 0 Å². The van der Waals surface area contributed by atoms with Crippen molar-refractivity contribution in [2.24, 2.45) is 0 Å². The SMILES string of the molecule is O=C(Nc1cnns1)c1cc(Br)cc(Br)c1. The topological polar surface area (TPSA) is 54.9 Å². The second kappa shape index (κ2) is 5.03. The summed E-state index contributed by atoms with van der Waals surface area (Å²) >= 11 is 7.79. The molecular formula is C9H5Br2N3OS. The number of carbonyl (C=O) groups excluding carboxylic acids is 1. The first-order chi connectivity index (χ1) is 7.65.